The molecule has 3 atom stereocenters. The molecule has 0 aromatic carbocycles. The molecule has 0 aliphatic carbocycles. The van der Waals surface area contributed by atoms with Gasteiger partial charge in [-0.1, -0.05) is 21.4 Å². The molecular formula is CH7KNOP3. The minimum atomic E-state index is 0. The van der Waals surface area contributed by atoms with Crippen LogP contribution in [0.25, 0.3) is 0 Å². The van der Waals surface area contributed by atoms with Crippen LogP contribution in [0.2, 0.25) is 0 Å². The Morgan fingerprint density at radius 3 is 2.57 bits per heavy atom. The molecule has 0 fully saturated rings. The second-order valence-electron chi connectivity index (χ2n) is 0.608. The van der Waals surface area contributed by atoms with Gasteiger partial charge in [-0.2, -0.15) is 4.91 Å². The summed E-state index contributed by atoms with van der Waals surface area (Å²) in [5.41, 5.74) is 0. The topological polar surface area (TPSA) is 29.4 Å². The number of nitroso groups, excluding NO2 is 1. The van der Waals surface area contributed by atoms with Gasteiger partial charge in [-0.05, 0) is 0 Å². The molecule has 0 aliphatic rings. The Hall–Kier alpha value is 2.53. The second kappa shape index (κ2) is 11.3. The van der Waals surface area contributed by atoms with Gasteiger partial charge in [0.25, 0.3) is 0 Å². The zero-order chi connectivity index (χ0) is 4.83. The quantitative estimate of drug-likeness (QED) is 0.235. The Bertz CT molecular complexity index is 48.3. The number of rotatable bonds is 3. The van der Waals surface area contributed by atoms with Crippen molar-refractivity contribution in [3.63, 3.8) is 0 Å². The molecule has 6 heteroatoms. The Morgan fingerprint density at radius 1 is 1.86 bits per heavy atom. The summed E-state index contributed by atoms with van der Waals surface area (Å²) >= 11 is 0. The summed E-state index contributed by atoms with van der Waals surface area (Å²) in [7, 11) is 4.11. The van der Waals surface area contributed by atoms with E-state index < -0.39 is 0 Å². The van der Waals surface area contributed by atoms with Gasteiger partial charge in [0, 0.05) is 0 Å². The Balaban J connectivity index is -0.000000125. The van der Waals surface area contributed by atoms with Gasteiger partial charge in [0.1, 0.15) is 6.29 Å². The van der Waals surface area contributed by atoms with Gasteiger partial charge in [0.05, 0.1) is 0 Å². The Labute approximate surface area is 92.8 Å². The SMILES string of the molecule is O=NCPPP.[H-].[K+]. The van der Waals surface area contributed by atoms with Crippen LogP contribution in [0.5, 0.6) is 0 Å². The molecule has 3 unspecified atom stereocenters. The molecule has 0 saturated carbocycles. The van der Waals surface area contributed by atoms with Crippen molar-refractivity contribution in [1.82, 2.24) is 0 Å². The molecule has 0 aliphatic heterocycles. The molecule has 0 aromatic heterocycles. The maximum Gasteiger partial charge on any atom is 1.00 e. The molecule has 0 rings (SSSR count). The molecule has 0 N–H and O–H groups in total. The summed E-state index contributed by atoms with van der Waals surface area (Å²) in [5.74, 6) is 0. The number of hydrogen-bond acceptors (Lipinski definition) is 2. The Morgan fingerprint density at radius 2 is 2.43 bits per heavy atom. The largest absolute Gasteiger partial charge is 1.00 e. The maximum atomic E-state index is 9.32. The van der Waals surface area contributed by atoms with E-state index in [1.54, 1.807) is 0 Å². The summed E-state index contributed by atoms with van der Waals surface area (Å²) < 4.78 is 0. The molecule has 0 heterocycles. The van der Waals surface area contributed by atoms with Crippen LogP contribution in [0.4, 0.5) is 0 Å². The standard InChI is InChI=1S/CH6NOP3.K.H/c3-2-1-5-6-4;;/h5-6H,1,4H2;;/q;+1;-1. The van der Waals surface area contributed by atoms with Crippen molar-refractivity contribution in [2.75, 3.05) is 6.29 Å². The van der Waals surface area contributed by atoms with E-state index in [-0.39, 0.29) is 52.8 Å². The summed E-state index contributed by atoms with van der Waals surface area (Å²) in [5, 5.41) is 2.68. The first-order valence-corrected chi connectivity index (χ1v) is 6.41. The van der Waals surface area contributed by atoms with Gasteiger partial charge in [0.2, 0.25) is 0 Å². The van der Waals surface area contributed by atoms with Gasteiger partial charge < -0.3 is 1.43 Å². The molecular weight excluding hydrogens is 174 g/mol. The predicted octanol–water partition coefficient (Wildman–Crippen LogP) is -1.11. The van der Waals surface area contributed by atoms with E-state index >= 15 is 0 Å². The van der Waals surface area contributed by atoms with Gasteiger partial charge >= 0.3 is 51.4 Å². The van der Waals surface area contributed by atoms with Crippen molar-refractivity contribution < 1.29 is 52.8 Å². The summed E-state index contributed by atoms with van der Waals surface area (Å²) in [6.45, 7) is 0. The van der Waals surface area contributed by atoms with Crippen LogP contribution in [0.3, 0.4) is 0 Å². The normalized spacial score (nSPS) is 10.4. The Kier molecular flexibility index (Phi) is 19.8. The van der Waals surface area contributed by atoms with Crippen LogP contribution in [0.15, 0.2) is 5.18 Å². The summed E-state index contributed by atoms with van der Waals surface area (Å²) in [4.78, 5) is 9.32. The first kappa shape index (κ1) is 12.2. The molecule has 0 bridgehead atoms. The van der Waals surface area contributed by atoms with Crippen LogP contribution >= 0.6 is 25.2 Å². The van der Waals surface area contributed by atoms with E-state index in [0.717, 1.165) is 16.2 Å². The smallest absolute Gasteiger partial charge is 1.00 e. The molecule has 0 radical (unpaired) electrons. The fourth-order valence-electron chi connectivity index (χ4n) is 0.0779. The fraction of sp³-hybridized carbons (Fsp3) is 1.00. The van der Waals surface area contributed by atoms with E-state index in [4.69, 9.17) is 0 Å². The molecule has 7 heavy (non-hydrogen) atoms. The predicted molar refractivity (Wildman–Crippen MR) is 38.1 cm³/mol. The van der Waals surface area contributed by atoms with Crippen LogP contribution < -0.4 is 51.4 Å². The van der Waals surface area contributed by atoms with Crippen LogP contribution in [0.1, 0.15) is 1.43 Å². The van der Waals surface area contributed by atoms with Crippen LogP contribution in [0, 0.1) is 4.91 Å². The van der Waals surface area contributed by atoms with E-state index in [1.807, 2.05) is 0 Å². The van der Waals surface area contributed by atoms with Gasteiger partial charge in [-0.3, -0.25) is 0 Å². The first-order chi connectivity index (χ1) is 2.91. The second-order valence-corrected chi connectivity index (χ2v) is 6.09. The zero-order valence-corrected chi connectivity index (χ0v) is 10.4. The van der Waals surface area contributed by atoms with Crippen molar-refractivity contribution in [2.45, 2.75) is 0 Å². The number of hydrogen-bond donors (Lipinski definition) is 0. The monoisotopic (exact) mass is 181 g/mol. The van der Waals surface area contributed by atoms with E-state index in [0.29, 0.717) is 6.29 Å². The van der Waals surface area contributed by atoms with Crippen molar-refractivity contribution in [2.24, 2.45) is 5.18 Å². The van der Waals surface area contributed by atoms with Crippen molar-refractivity contribution in [3.05, 3.63) is 4.91 Å². The minimum Gasteiger partial charge on any atom is -1.00 e. The first-order valence-electron chi connectivity index (χ1n) is 1.39. The zero-order valence-electron chi connectivity index (χ0n) is 5.14. The summed E-state index contributed by atoms with van der Waals surface area (Å²) in [6, 6.07) is 0. The molecule has 0 spiro atoms. The average molecular weight is 181 g/mol. The molecule has 0 saturated heterocycles. The van der Waals surface area contributed by atoms with Crippen molar-refractivity contribution in [3.8, 4) is 0 Å². The summed E-state index contributed by atoms with van der Waals surface area (Å²) in [6.07, 6.45) is 0.502. The maximum absolute atomic E-state index is 9.32. The molecule has 0 aromatic rings. The average Bonchev–Trinajstić information content (AvgIpc) is 1.61. The number of nitrogens with zero attached hydrogens (tertiary/aromatic N) is 1. The van der Waals surface area contributed by atoms with E-state index in [1.165, 1.54) is 0 Å². The van der Waals surface area contributed by atoms with Gasteiger partial charge in [-0.15, -0.1) is 8.93 Å². The minimum absolute atomic E-state index is 0. The van der Waals surface area contributed by atoms with Crippen molar-refractivity contribution in [1.29, 1.82) is 0 Å². The van der Waals surface area contributed by atoms with E-state index in [2.05, 4.69) is 14.1 Å². The third-order valence-corrected chi connectivity index (χ3v) is 3.66. The molecule has 2 nitrogen and oxygen atoms in total. The van der Waals surface area contributed by atoms with Crippen LogP contribution in [-0.4, -0.2) is 6.29 Å². The third kappa shape index (κ3) is 11.9. The molecule has 0 amide bonds. The molecule has 38 valence electrons. The van der Waals surface area contributed by atoms with Gasteiger partial charge in [-0.25, -0.2) is 0 Å². The van der Waals surface area contributed by atoms with Crippen molar-refractivity contribution >= 4 is 25.2 Å². The fourth-order valence-corrected chi connectivity index (χ4v) is 1.52. The van der Waals surface area contributed by atoms with Gasteiger partial charge in [0.15, 0.2) is 0 Å². The van der Waals surface area contributed by atoms with E-state index in [9.17, 15) is 4.91 Å². The van der Waals surface area contributed by atoms with Crippen LogP contribution in [-0.2, 0) is 0 Å². The third-order valence-electron chi connectivity index (χ3n) is 0.246.